The molecule has 0 spiro atoms. The Morgan fingerprint density at radius 2 is 1.93 bits per heavy atom. The van der Waals surface area contributed by atoms with Crippen LogP contribution in [-0.2, 0) is 26.1 Å². The molecule has 3 aromatic rings. The van der Waals surface area contributed by atoms with Gasteiger partial charge in [-0.3, -0.25) is 9.36 Å². The molecule has 1 atom stereocenters. The zero-order valence-corrected chi connectivity index (χ0v) is 16.2. The van der Waals surface area contributed by atoms with Gasteiger partial charge in [-0.2, -0.15) is 0 Å². The molecule has 1 aromatic heterocycles. The van der Waals surface area contributed by atoms with Gasteiger partial charge >= 0.3 is 11.7 Å². The van der Waals surface area contributed by atoms with E-state index < -0.39 is 27.8 Å². The Labute approximate surface area is 161 Å². The Balaban J connectivity index is 1.89. The van der Waals surface area contributed by atoms with E-state index in [1.165, 1.54) is 18.2 Å². The normalized spacial score (nSPS) is 12.8. The largest absolute Gasteiger partial charge is 0.465 e. The average Bonchev–Trinajstić information content (AvgIpc) is 2.97. The van der Waals surface area contributed by atoms with E-state index in [4.69, 9.17) is 9.15 Å². The average molecular weight is 404 g/mol. The smallest absolute Gasteiger partial charge is 0.420 e. The summed E-state index contributed by atoms with van der Waals surface area (Å²) < 4.78 is 39.0. The van der Waals surface area contributed by atoms with Crippen LogP contribution < -0.4 is 10.5 Å². The zero-order valence-electron chi connectivity index (χ0n) is 15.4. The third-order valence-corrected chi connectivity index (χ3v) is 5.71. The minimum absolute atomic E-state index is 0.0418. The van der Waals surface area contributed by atoms with Crippen molar-refractivity contribution in [3.63, 3.8) is 0 Å². The summed E-state index contributed by atoms with van der Waals surface area (Å²) in [5.41, 5.74) is 1.21. The highest BCUT2D eigenvalue weighted by molar-refractivity contribution is 7.89. The third kappa shape index (κ3) is 4.15. The van der Waals surface area contributed by atoms with Crippen LogP contribution in [0.2, 0.25) is 0 Å². The number of nitrogens with one attached hydrogen (secondary N) is 1. The minimum Gasteiger partial charge on any atom is -0.465 e. The molecule has 0 amide bonds. The summed E-state index contributed by atoms with van der Waals surface area (Å²) in [6.45, 7) is 3.28. The molecule has 148 valence electrons. The van der Waals surface area contributed by atoms with E-state index in [9.17, 15) is 18.0 Å². The fraction of sp³-hybridized carbons (Fsp3) is 0.263. The van der Waals surface area contributed by atoms with Crippen molar-refractivity contribution in [3.05, 3.63) is 64.6 Å². The maximum absolute atomic E-state index is 12.7. The van der Waals surface area contributed by atoms with Crippen LogP contribution in [0.25, 0.3) is 11.1 Å². The molecule has 0 fully saturated rings. The zero-order chi connectivity index (χ0) is 20.3. The van der Waals surface area contributed by atoms with Gasteiger partial charge in [-0.25, -0.2) is 17.9 Å². The number of carbonyl (C=O) groups excluding carboxylic acids is 1. The summed E-state index contributed by atoms with van der Waals surface area (Å²) in [5, 5.41) is 0. The van der Waals surface area contributed by atoms with Gasteiger partial charge < -0.3 is 9.15 Å². The van der Waals surface area contributed by atoms with Crippen LogP contribution in [0.5, 0.6) is 0 Å². The van der Waals surface area contributed by atoms with Crippen LogP contribution in [0.3, 0.4) is 0 Å². The van der Waals surface area contributed by atoms with Gasteiger partial charge in [-0.15, -0.1) is 0 Å². The van der Waals surface area contributed by atoms with E-state index in [-0.39, 0.29) is 23.6 Å². The molecule has 3 rings (SSSR count). The molecule has 0 aliphatic rings. The molecular formula is C19H20N2O6S. The number of ether oxygens (including phenoxy) is 1. The van der Waals surface area contributed by atoms with Gasteiger partial charge in [0.05, 0.1) is 17.0 Å². The summed E-state index contributed by atoms with van der Waals surface area (Å²) in [6.07, 6.45) is 0. The summed E-state index contributed by atoms with van der Waals surface area (Å²) in [6, 6.07) is 12.8. The number of sulfonamides is 1. The van der Waals surface area contributed by atoms with E-state index in [2.05, 4.69) is 4.72 Å². The molecule has 8 nitrogen and oxygen atoms in total. The van der Waals surface area contributed by atoms with Crippen molar-refractivity contribution < 1.29 is 22.4 Å². The Morgan fingerprint density at radius 3 is 2.61 bits per heavy atom. The summed E-state index contributed by atoms with van der Waals surface area (Å²) in [7, 11) is -3.85. The van der Waals surface area contributed by atoms with Crippen molar-refractivity contribution in [2.24, 2.45) is 0 Å². The van der Waals surface area contributed by atoms with Gasteiger partial charge in [0.15, 0.2) is 5.58 Å². The molecular weight excluding hydrogens is 384 g/mol. The highest BCUT2D eigenvalue weighted by Gasteiger charge is 2.21. The maximum Gasteiger partial charge on any atom is 0.420 e. The first-order chi connectivity index (χ1) is 13.3. The lowest BCUT2D eigenvalue weighted by molar-refractivity contribution is -0.143. The number of fused-ring (bicyclic) bond motifs is 1. The minimum atomic E-state index is -3.85. The summed E-state index contributed by atoms with van der Waals surface area (Å²) in [4.78, 5) is 23.6. The van der Waals surface area contributed by atoms with Crippen molar-refractivity contribution in [1.82, 2.24) is 9.29 Å². The van der Waals surface area contributed by atoms with Gasteiger partial charge in [0.1, 0.15) is 6.54 Å². The van der Waals surface area contributed by atoms with Gasteiger partial charge in [-0.05, 0) is 31.5 Å². The first-order valence-corrected chi connectivity index (χ1v) is 10.2. The van der Waals surface area contributed by atoms with Gasteiger partial charge in [0.25, 0.3) is 0 Å². The molecule has 0 radical (unpaired) electrons. The van der Waals surface area contributed by atoms with E-state index in [1.807, 2.05) is 30.3 Å². The first kappa shape index (κ1) is 19.8. The standard InChI is InChI=1S/C19H20N2O6S/c1-3-26-18(22)12-21-16-10-9-15(11-17(16)27-19(21)23)28(24,25)20-13(2)14-7-5-4-6-8-14/h4-11,13,20H,3,12H2,1-2H3/t13-/m1/s1. The predicted molar refractivity (Wildman–Crippen MR) is 102 cm³/mol. The number of hydrogen-bond acceptors (Lipinski definition) is 6. The molecule has 9 heteroatoms. The van der Waals surface area contributed by atoms with Crippen molar-refractivity contribution in [2.45, 2.75) is 31.3 Å². The van der Waals surface area contributed by atoms with Crippen LogP contribution in [0.4, 0.5) is 0 Å². The molecule has 1 N–H and O–H groups in total. The monoisotopic (exact) mass is 404 g/mol. The fourth-order valence-corrected chi connectivity index (χ4v) is 4.06. The molecule has 0 saturated heterocycles. The Kier molecular flexibility index (Phi) is 5.66. The third-order valence-electron chi connectivity index (χ3n) is 4.17. The number of esters is 1. The van der Waals surface area contributed by atoms with Crippen LogP contribution in [0, 0.1) is 0 Å². The van der Waals surface area contributed by atoms with Crippen LogP contribution >= 0.6 is 0 Å². The van der Waals surface area contributed by atoms with Crippen molar-refractivity contribution in [2.75, 3.05) is 6.61 Å². The molecule has 0 saturated carbocycles. The highest BCUT2D eigenvalue weighted by atomic mass is 32.2. The van der Waals surface area contributed by atoms with Crippen LogP contribution in [-0.4, -0.2) is 25.6 Å². The number of benzene rings is 2. The lowest BCUT2D eigenvalue weighted by atomic mass is 10.1. The number of nitrogens with zero attached hydrogens (tertiary/aromatic N) is 1. The fourth-order valence-electron chi connectivity index (χ4n) is 2.81. The predicted octanol–water partition coefficient (Wildman–Crippen LogP) is 2.20. The van der Waals surface area contributed by atoms with E-state index >= 15 is 0 Å². The number of oxazole rings is 1. The second kappa shape index (κ2) is 7.99. The summed E-state index contributed by atoms with van der Waals surface area (Å²) in [5.74, 6) is -1.34. The van der Waals surface area contributed by atoms with Gasteiger partial charge in [0.2, 0.25) is 10.0 Å². The van der Waals surface area contributed by atoms with E-state index in [0.717, 1.165) is 10.1 Å². The summed E-state index contributed by atoms with van der Waals surface area (Å²) >= 11 is 0. The van der Waals surface area contributed by atoms with Crippen LogP contribution in [0.15, 0.2) is 62.6 Å². The number of hydrogen-bond donors (Lipinski definition) is 1. The van der Waals surface area contributed by atoms with Crippen molar-refractivity contribution in [3.8, 4) is 0 Å². The SMILES string of the molecule is CCOC(=O)Cn1c(=O)oc2cc(S(=O)(=O)N[C@H](C)c3ccccc3)ccc21. The first-order valence-electron chi connectivity index (χ1n) is 8.68. The highest BCUT2D eigenvalue weighted by Crippen LogP contribution is 2.21. The molecule has 0 aliphatic carbocycles. The van der Waals surface area contributed by atoms with Crippen LogP contribution in [0.1, 0.15) is 25.5 Å². The Hall–Kier alpha value is -2.91. The second-order valence-electron chi connectivity index (χ2n) is 6.14. The second-order valence-corrected chi connectivity index (χ2v) is 7.86. The molecule has 1 heterocycles. The van der Waals surface area contributed by atoms with Crippen molar-refractivity contribution >= 4 is 27.1 Å². The van der Waals surface area contributed by atoms with Gasteiger partial charge in [0, 0.05) is 12.1 Å². The number of aromatic nitrogens is 1. The molecule has 2 aromatic carbocycles. The van der Waals surface area contributed by atoms with E-state index in [0.29, 0.717) is 5.52 Å². The number of carbonyl (C=O) groups is 1. The van der Waals surface area contributed by atoms with E-state index in [1.54, 1.807) is 13.8 Å². The topological polar surface area (TPSA) is 108 Å². The molecule has 0 bridgehead atoms. The lowest BCUT2D eigenvalue weighted by Crippen LogP contribution is -2.26. The van der Waals surface area contributed by atoms with Crippen molar-refractivity contribution in [1.29, 1.82) is 0 Å². The Bertz CT molecular complexity index is 1150. The molecule has 28 heavy (non-hydrogen) atoms. The molecule has 0 aliphatic heterocycles. The lowest BCUT2D eigenvalue weighted by Gasteiger charge is -2.14. The maximum atomic E-state index is 12.7. The molecule has 0 unspecified atom stereocenters. The van der Waals surface area contributed by atoms with Gasteiger partial charge in [-0.1, -0.05) is 30.3 Å². The number of rotatable bonds is 7. The Morgan fingerprint density at radius 1 is 1.21 bits per heavy atom. The quantitative estimate of drug-likeness (QED) is 0.605.